The van der Waals surface area contributed by atoms with Gasteiger partial charge in [0.05, 0.1) is 29.1 Å². The second-order valence-electron chi connectivity index (χ2n) is 6.76. The Bertz CT molecular complexity index is 680. The van der Waals surface area contributed by atoms with Crippen LogP contribution in [0.3, 0.4) is 0 Å². The van der Waals surface area contributed by atoms with Gasteiger partial charge in [0, 0.05) is 37.4 Å². The summed E-state index contributed by atoms with van der Waals surface area (Å²) in [6, 6.07) is 0.739. The number of likely N-dealkylation sites (N-methyl/N-ethyl adjacent to an activating group) is 1. The molecular formula is C16H23IN6. The molecule has 1 saturated carbocycles. The molecule has 0 unspecified atom stereocenters. The quantitative estimate of drug-likeness (QED) is 0.604. The molecule has 2 fully saturated rings. The Labute approximate surface area is 150 Å². The summed E-state index contributed by atoms with van der Waals surface area (Å²) >= 11 is 2.12. The first-order chi connectivity index (χ1) is 11.3. The first-order valence-corrected chi connectivity index (χ1v) is 9.45. The van der Waals surface area contributed by atoms with Gasteiger partial charge in [-0.3, -0.25) is 9.30 Å². The minimum Gasteiger partial charge on any atom is -0.311 e. The number of hydrogen-bond donors (Lipinski definition) is 1. The first kappa shape index (κ1) is 15.6. The molecule has 2 aromatic rings. The molecule has 0 aromatic carbocycles. The number of rotatable bonds is 3. The monoisotopic (exact) mass is 426 g/mol. The van der Waals surface area contributed by atoms with Gasteiger partial charge < -0.3 is 8.43 Å². The third kappa shape index (κ3) is 2.94. The minimum absolute atomic E-state index is 0.577. The Kier molecular flexibility index (Phi) is 4.42. The van der Waals surface area contributed by atoms with Gasteiger partial charge in [-0.15, -0.1) is 0 Å². The van der Waals surface area contributed by atoms with E-state index in [4.69, 9.17) is 0 Å². The van der Waals surface area contributed by atoms with E-state index >= 15 is 0 Å². The van der Waals surface area contributed by atoms with Crippen molar-refractivity contribution in [3.8, 4) is 0 Å². The largest absolute Gasteiger partial charge is 0.311 e. The molecule has 23 heavy (non-hydrogen) atoms. The van der Waals surface area contributed by atoms with Crippen LogP contribution in [0.25, 0.3) is 5.52 Å². The maximum absolute atomic E-state index is 4.69. The van der Waals surface area contributed by atoms with Crippen LogP contribution in [-0.2, 0) is 0 Å². The summed E-state index contributed by atoms with van der Waals surface area (Å²) in [6.45, 7) is 4.89. The van der Waals surface area contributed by atoms with E-state index < -0.39 is 0 Å². The van der Waals surface area contributed by atoms with E-state index in [2.05, 4.69) is 57.6 Å². The summed E-state index contributed by atoms with van der Waals surface area (Å²) in [5.41, 5.74) is 1.07. The Hall–Kier alpha value is -0.930. The molecule has 124 valence electrons. The predicted molar refractivity (Wildman–Crippen MR) is 100 cm³/mol. The van der Waals surface area contributed by atoms with Gasteiger partial charge in [-0.25, -0.2) is 9.97 Å². The fourth-order valence-corrected chi connectivity index (χ4v) is 4.27. The summed E-state index contributed by atoms with van der Waals surface area (Å²) in [7, 11) is 2.23. The van der Waals surface area contributed by atoms with Crippen LogP contribution in [0.1, 0.15) is 31.0 Å². The molecule has 1 N–H and O–H groups in total. The molecule has 0 atom stereocenters. The molecule has 0 spiro atoms. The van der Waals surface area contributed by atoms with E-state index in [1.165, 1.54) is 51.3 Å². The van der Waals surface area contributed by atoms with Crippen LogP contribution in [0, 0.1) is 0 Å². The average molecular weight is 426 g/mol. The second-order valence-corrected chi connectivity index (χ2v) is 7.30. The van der Waals surface area contributed by atoms with Crippen molar-refractivity contribution in [3.63, 3.8) is 0 Å². The Morgan fingerprint density at radius 1 is 1.17 bits per heavy atom. The normalized spacial score (nSPS) is 26.9. The van der Waals surface area contributed by atoms with Gasteiger partial charge in [0.2, 0.25) is 0 Å². The van der Waals surface area contributed by atoms with Crippen molar-refractivity contribution in [3.05, 3.63) is 24.4 Å². The van der Waals surface area contributed by atoms with Crippen molar-refractivity contribution < 1.29 is 0 Å². The Morgan fingerprint density at radius 3 is 2.87 bits per heavy atom. The number of hydrogen-bond acceptors (Lipinski definition) is 5. The molecule has 2 aliphatic rings. The summed E-state index contributed by atoms with van der Waals surface area (Å²) in [5, 5.41) is 0. The molecule has 3 heterocycles. The summed E-state index contributed by atoms with van der Waals surface area (Å²) in [4.78, 5) is 14.2. The van der Waals surface area contributed by atoms with Crippen LogP contribution in [0.5, 0.6) is 0 Å². The lowest BCUT2D eigenvalue weighted by atomic mass is 9.78. The standard InChI is InChI=1S/C16H23IN6/c1-21-4-2-5-22(8-7-21)13-9-12(10-13)16-19-11-14-15(20-17)18-3-6-23(14)16/h3,6,11-13H,2,4-5,7-10H2,1H3,(H,18,20). The molecule has 4 rings (SSSR count). The fourth-order valence-electron chi connectivity index (χ4n) is 3.85. The second kappa shape index (κ2) is 6.52. The number of anilines is 1. The highest BCUT2D eigenvalue weighted by molar-refractivity contribution is 14.1. The highest BCUT2D eigenvalue weighted by atomic mass is 127. The zero-order chi connectivity index (χ0) is 15.8. The van der Waals surface area contributed by atoms with Crippen molar-refractivity contribution >= 4 is 34.2 Å². The van der Waals surface area contributed by atoms with E-state index in [-0.39, 0.29) is 0 Å². The molecular weight excluding hydrogens is 403 g/mol. The van der Waals surface area contributed by atoms with Crippen molar-refractivity contribution in [2.75, 3.05) is 36.8 Å². The molecule has 6 nitrogen and oxygen atoms in total. The summed E-state index contributed by atoms with van der Waals surface area (Å²) < 4.78 is 5.31. The van der Waals surface area contributed by atoms with Gasteiger partial charge >= 0.3 is 0 Å². The van der Waals surface area contributed by atoms with Gasteiger partial charge in [-0.05, 0) is 39.4 Å². The Balaban J connectivity index is 1.46. The van der Waals surface area contributed by atoms with E-state index in [9.17, 15) is 0 Å². The van der Waals surface area contributed by atoms with Crippen molar-refractivity contribution in [2.24, 2.45) is 0 Å². The lowest BCUT2D eigenvalue weighted by molar-refractivity contribution is 0.110. The van der Waals surface area contributed by atoms with Gasteiger partial charge in [0.25, 0.3) is 0 Å². The van der Waals surface area contributed by atoms with Crippen LogP contribution in [-0.4, -0.2) is 63.4 Å². The molecule has 0 radical (unpaired) electrons. The third-order valence-electron chi connectivity index (χ3n) is 5.33. The maximum Gasteiger partial charge on any atom is 0.160 e. The zero-order valence-corrected chi connectivity index (χ0v) is 15.6. The number of nitrogens with zero attached hydrogens (tertiary/aromatic N) is 5. The van der Waals surface area contributed by atoms with Gasteiger partial charge in [0.15, 0.2) is 5.82 Å². The van der Waals surface area contributed by atoms with Crippen LogP contribution in [0.2, 0.25) is 0 Å². The minimum atomic E-state index is 0.577. The van der Waals surface area contributed by atoms with Crippen molar-refractivity contribution in [1.29, 1.82) is 0 Å². The number of aromatic nitrogens is 3. The summed E-state index contributed by atoms with van der Waals surface area (Å²) in [6.07, 6.45) is 9.58. The van der Waals surface area contributed by atoms with Crippen LogP contribution >= 0.6 is 22.9 Å². The first-order valence-electron chi connectivity index (χ1n) is 8.37. The highest BCUT2D eigenvalue weighted by Crippen LogP contribution is 2.40. The molecule has 1 saturated heterocycles. The van der Waals surface area contributed by atoms with Crippen LogP contribution in [0.15, 0.2) is 18.6 Å². The fraction of sp³-hybridized carbons (Fsp3) is 0.625. The molecule has 0 amide bonds. The molecule has 0 bridgehead atoms. The molecule has 7 heteroatoms. The number of halogens is 1. The van der Waals surface area contributed by atoms with Crippen LogP contribution in [0.4, 0.5) is 5.82 Å². The molecule has 2 aromatic heterocycles. The van der Waals surface area contributed by atoms with E-state index in [1.807, 2.05) is 18.6 Å². The van der Waals surface area contributed by atoms with Crippen molar-refractivity contribution in [1.82, 2.24) is 24.2 Å². The third-order valence-corrected chi connectivity index (χ3v) is 5.84. The lowest BCUT2D eigenvalue weighted by Crippen LogP contribution is -2.45. The summed E-state index contributed by atoms with van der Waals surface area (Å²) in [5.74, 6) is 2.66. The Morgan fingerprint density at radius 2 is 2.04 bits per heavy atom. The maximum atomic E-state index is 4.69. The van der Waals surface area contributed by atoms with E-state index in [0.717, 1.165) is 17.4 Å². The highest BCUT2D eigenvalue weighted by Gasteiger charge is 2.37. The van der Waals surface area contributed by atoms with Crippen LogP contribution < -0.4 is 3.53 Å². The number of imidazole rings is 1. The van der Waals surface area contributed by atoms with E-state index in [0.29, 0.717) is 5.92 Å². The average Bonchev–Trinajstić information content (AvgIpc) is 2.83. The van der Waals surface area contributed by atoms with E-state index in [1.54, 1.807) is 0 Å². The zero-order valence-electron chi connectivity index (χ0n) is 13.5. The lowest BCUT2D eigenvalue weighted by Gasteiger charge is -2.42. The molecule has 1 aliphatic heterocycles. The van der Waals surface area contributed by atoms with Gasteiger partial charge in [-0.1, -0.05) is 0 Å². The topological polar surface area (TPSA) is 48.7 Å². The van der Waals surface area contributed by atoms with Crippen molar-refractivity contribution in [2.45, 2.75) is 31.2 Å². The smallest absolute Gasteiger partial charge is 0.160 e. The number of fused-ring (bicyclic) bond motifs is 1. The predicted octanol–water partition coefficient (Wildman–Crippen LogP) is 2.37. The van der Waals surface area contributed by atoms with Gasteiger partial charge in [0.1, 0.15) is 11.3 Å². The molecule has 1 aliphatic carbocycles. The number of nitrogens with one attached hydrogen (secondary N) is 1. The van der Waals surface area contributed by atoms with Gasteiger partial charge in [-0.2, -0.15) is 0 Å². The SMILES string of the molecule is CN1CCCN(C2CC(c3ncc4c(NI)nccn34)C2)CC1.